The Hall–Kier alpha value is -1.44. The van der Waals surface area contributed by atoms with E-state index < -0.39 is 0 Å². The number of benzene rings is 1. The molecule has 0 spiro atoms. The van der Waals surface area contributed by atoms with Crippen molar-refractivity contribution in [2.75, 3.05) is 0 Å². The van der Waals surface area contributed by atoms with Gasteiger partial charge in [-0.05, 0) is 24.3 Å². The summed E-state index contributed by atoms with van der Waals surface area (Å²) in [6, 6.07) is 10.1. The molecule has 0 heterocycles. The molecule has 0 aliphatic heterocycles. The molecule has 2 nitrogen and oxygen atoms in total. The lowest BCUT2D eigenvalue weighted by Gasteiger charge is -2.39. The van der Waals surface area contributed by atoms with Crippen LogP contribution in [0.1, 0.15) is 43.6 Å². The molecule has 2 saturated carbocycles. The zero-order valence-corrected chi connectivity index (χ0v) is 10.5. The Morgan fingerprint density at radius 1 is 1.00 bits per heavy atom. The van der Waals surface area contributed by atoms with Gasteiger partial charge in [0.25, 0.3) is 0 Å². The quantitative estimate of drug-likeness (QED) is 0.758. The monoisotopic (exact) mass is 242 g/mol. The average molecular weight is 242 g/mol. The number of rotatable bonds is 1. The van der Waals surface area contributed by atoms with E-state index in [0.29, 0.717) is 36.7 Å². The molecule has 0 aromatic heterocycles. The van der Waals surface area contributed by atoms with Gasteiger partial charge in [0.05, 0.1) is 0 Å². The van der Waals surface area contributed by atoms with Crippen LogP contribution in [0.4, 0.5) is 0 Å². The van der Waals surface area contributed by atoms with Crippen LogP contribution in [-0.4, -0.2) is 11.6 Å². The first-order chi connectivity index (χ1) is 8.75. The SMILES string of the molecule is O=C1C[C@@H]2CCCC(=O)[C@@H]2[C@H](c2ccccc2)C1. The molecule has 2 fully saturated rings. The van der Waals surface area contributed by atoms with Crippen molar-refractivity contribution < 1.29 is 9.59 Å². The van der Waals surface area contributed by atoms with Gasteiger partial charge in [-0.3, -0.25) is 9.59 Å². The third kappa shape index (κ3) is 2.00. The lowest BCUT2D eigenvalue weighted by atomic mass is 9.63. The fourth-order valence-electron chi connectivity index (χ4n) is 3.70. The van der Waals surface area contributed by atoms with E-state index in [1.807, 2.05) is 18.2 Å². The zero-order chi connectivity index (χ0) is 12.5. The molecule has 2 aliphatic rings. The van der Waals surface area contributed by atoms with E-state index in [9.17, 15) is 9.59 Å². The Morgan fingerprint density at radius 3 is 2.56 bits per heavy atom. The van der Waals surface area contributed by atoms with Crippen molar-refractivity contribution in [1.82, 2.24) is 0 Å². The normalized spacial score (nSPS) is 32.1. The Bertz CT molecular complexity index is 463. The summed E-state index contributed by atoms with van der Waals surface area (Å²) < 4.78 is 0. The van der Waals surface area contributed by atoms with Crippen molar-refractivity contribution in [2.24, 2.45) is 11.8 Å². The van der Waals surface area contributed by atoms with Gasteiger partial charge in [-0.15, -0.1) is 0 Å². The molecule has 2 heteroatoms. The first kappa shape index (κ1) is 11.6. The minimum atomic E-state index is 0.0962. The number of carbonyl (C=O) groups excluding carboxylic acids is 2. The first-order valence-corrected chi connectivity index (χ1v) is 6.85. The largest absolute Gasteiger partial charge is 0.300 e. The van der Waals surface area contributed by atoms with Crippen molar-refractivity contribution in [2.45, 2.75) is 38.0 Å². The summed E-state index contributed by atoms with van der Waals surface area (Å²) in [4.78, 5) is 24.1. The van der Waals surface area contributed by atoms with Gasteiger partial charge in [-0.25, -0.2) is 0 Å². The van der Waals surface area contributed by atoms with E-state index in [1.165, 1.54) is 0 Å². The van der Waals surface area contributed by atoms with E-state index in [1.54, 1.807) is 0 Å². The van der Waals surface area contributed by atoms with Gasteiger partial charge in [-0.1, -0.05) is 30.3 Å². The highest BCUT2D eigenvalue weighted by atomic mass is 16.1. The molecular weight excluding hydrogens is 224 g/mol. The molecule has 18 heavy (non-hydrogen) atoms. The minimum absolute atomic E-state index is 0.0962. The Labute approximate surface area is 107 Å². The number of fused-ring (bicyclic) bond motifs is 1. The maximum Gasteiger partial charge on any atom is 0.136 e. The smallest absolute Gasteiger partial charge is 0.136 e. The van der Waals surface area contributed by atoms with Gasteiger partial charge in [0.15, 0.2) is 0 Å². The van der Waals surface area contributed by atoms with Crippen LogP contribution < -0.4 is 0 Å². The lowest BCUT2D eigenvalue weighted by Crippen LogP contribution is -2.39. The molecule has 94 valence electrons. The van der Waals surface area contributed by atoms with Gasteiger partial charge in [0, 0.05) is 31.1 Å². The number of hydrogen-bond acceptors (Lipinski definition) is 2. The second kappa shape index (κ2) is 4.68. The molecule has 2 aliphatic carbocycles. The Morgan fingerprint density at radius 2 is 1.78 bits per heavy atom. The molecule has 1 aromatic rings. The first-order valence-electron chi connectivity index (χ1n) is 6.85. The van der Waals surface area contributed by atoms with Gasteiger partial charge < -0.3 is 0 Å². The van der Waals surface area contributed by atoms with Crippen LogP contribution in [0, 0.1) is 11.8 Å². The second-order valence-corrected chi connectivity index (χ2v) is 5.61. The topological polar surface area (TPSA) is 34.1 Å². The van der Waals surface area contributed by atoms with E-state index in [-0.39, 0.29) is 11.8 Å². The number of Topliss-reactive ketones (excluding diaryl/α,β-unsaturated/α-hetero) is 2. The highest BCUT2D eigenvalue weighted by molar-refractivity contribution is 5.88. The minimum Gasteiger partial charge on any atom is -0.300 e. The highest BCUT2D eigenvalue weighted by Gasteiger charge is 2.43. The molecule has 0 N–H and O–H groups in total. The fourth-order valence-corrected chi connectivity index (χ4v) is 3.70. The third-order valence-electron chi connectivity index (χ3n) is 4.48. The van der Waals surface area contributed by atoms with Crippen LogP contribution in [0.2, 0.25) is 0 Å². The van der Waals surface area contributed by atoms with Gasteiger partial charge in [-0.2, -0.15) is 0 Å². The van der Waals surface area contributed by atoms with Crippen LogP contribution in [0.15, 0.2) is 30.3 Å². The van der Waals surface area contributed by atoms with Crippen LogP contribution in [0.5, 0.6) is 0 Å². The molecule has 0 amide bonds. The molecule has 0 bridgehead atoms. The average Bonchev–Trinajstić information content (AvgIpc) is 2.39. The van der Waals surface area contributed by atoms with Gasteiger partial charge in [0.1, 0.15) is 11.6 Å². The van der Waals surface area contributed by atoms with E-state index in [4.69, 9.17) is 0 Å². The highest BCUT2D eigenvalue weighted by Crippen LogP contribution is 2.45. The summed E-state index contributed by atoms with van der Waals surface area (Å²) in [7, 11) is 0. The number of ketones is 2. The van der Waals surface area contributed by atoms with E-state index in [2.05, 4.69) is 12.1 Å². The summed E-state index contributed by atoms with van der Waals surface area (Å²) in [5.41, 5.74) is 1.16. The van der Waals surface area contributed by atoms with E-state index in [0.717, 1.165) is 18.4 Å². The molecule has 0 saturated heterocycles. The standard InChI is InChI=1S/C16H18O2/c17-13-9-12-7-4-8-15(18)16(12)14(10-13)11-5-2-1-3-6-11/h1-3,5-6,12,14,16H,4,7-10H2/t12-,14-,16-/m0/s1. The Balaban J connectivity index is 1.95. The van der Waals surface area contributed by atoms with Crippen molar-refractivity contribution in [3.63, 3.8) is 0 Å². The zero-order valence-electron chi connectivity index (χ0n) is 10.5. The van der Waals surface area contributed by atoms with Crippen LogP contribution in [0.25, 0.3) is 0 Å². The molecule has 3 rings (SSSR count). The summed E-state index contributed by atoms with van der Waals surface area (Å²) >= 11 is 0. The lowest BCUT2D eigenvalue weighted by molar-refractivity contribution is -0.133. The molecule has 1 aromatic carbocycles. The van der Waals surface area contributed by atoms with Crippen molar-refractivity contribution in [1.29, 1.82) is 0 Å². The summed E-state index contributed by atoms with van der Waals surface area (Å²) in [6.07, 6.45) is 3.90. The predicted molar refractivity (Wildman–Crippen MR) is 69.3 cm³/mol. The number of carbonyl (C=O) groups is 2. The van der Waals surface area contributed by atoms with Crippen LogP contribution >= 0.6 is 0 Å². The molecule has 0 radical (unpaired) electrons. The van der Waals surface area contributed by atoms with E-state index >= 15 is 0 Å². The molecular formula is C16H18O2. The van der Waals surface area contributed by atoms with Gasteiger partial charge in [0.2, 0.25) is 0 Å². The summed E-state index contributed by atoms with van der Waals surface area (Å²) in [5.74, 6) is 1.24. The van der Waals surface area contributed by atoms with Crippen LogP contribution in [0.3, 0.4) is 0 Å². The summed E-state index contributed by atoms with van der Waals surface area (Å²) in [6.45, 7) is 0. The fraction of sp³-hybridized carbons (Fsp3) is 0.500. The maximum absolute atomic E-state index is 12.2. The maximum atomic E-state index is 12.2. The van der Waals surface area contributed by atoms with Crippen LogP contribution in [-0.2, 0) is 9.59 Å². The molecule has 3 atom stereocenters. The van der Waals surface area contributed by atoms with Gasteiger partial charge >= 0.3 is 0 Å². The van der Waals surface area contributed by atoms with Crippen molar-refractivity contribution >= 4 is 11.6 Å². The molecule has 0 unspecified atom stereocenters. The van der Waals surface area contributed by atoms with Crippen molar-refractivity contribution in [3.05, 3.63) is 35.9 Å². The Kier molecular flexibility index (Phi) is 3.02. The summed E-state index contributed by atoms with van der Waals surface area (Å²) in [5, 5.41) is 0. The second-order valence-electron chi connectivity index (χ2n) is 5.61. The predicted octanol–water partition coefficient (Wildman–Crippen LogP) is 3.12. The van der Waals surface area contributed by atoms with Crippen molar-refractivity contribution in [3.8, 4) is 0 Å². The number of hydrogen-bond donors (Lipinski definition) is 0. The third-order valence-corrected chi connectivity index (χ3v) is 4.48.